The molecule has 2 rings (SSSR count). The van der Waals surface area contributed by atoms with Gasteiger partial charge in [-0.2, -0.15) is 0 Å². The maximum Gasteiger partial charge on any atom is 0.186 e. The average Bonchev–Trinajstić information content (AvgIpc) is 2.21. The Morgan fingerprint density at radius 1 is 1.33 bits per heavy atom. The highest BCUT2D eigenvalue weighted by Gasteiger charge is 2.04. The first-order chi connectivity index (χ1) is 5.97. The van der Waals surface area contributed by atoms with Crippen molar-refractivity contribution in [2.45, 2.75) is 0 Å². The summed E-state index contributed by atoms with van der Waals surface area (Å²) in [5.41, 5.74) is 3.40. The lowest BCUT2D eigenvalue weighted by atomic mass is 10.3. The van der Waals surface area contributed by atoms with Gasteiger partial charge in [-0.3, -0.25) is 4.98 Å². The standard InChI is InChI=1S/C8H7N3O/c1-2-4-9-7(3-1)8-10-5-6-12-11-8/h1-6H,(H,10,11). The van der Waals surface area contributed by atoms with E-state index < -0.39 is 0 Å². The summed E-state index contributed by atoms with van der Waals surface area (Å²) >= 11 is 0. The third kappa shape index (κ3) is 1.27. The van der Waals surface area contributed by atoms with Crippen LogP contribution >= 0.6 is 0 Å². The van der Waals surface area contributed by atoms with Crippen molar-refractivity contribution >= 4 is 5.84 Å². The van der Waals surface area contributed by atoms with Crippen molar-refractivity contribution in [3.8, 4) is 0 Å². The highest BCUT2D eigenvalue weighted by atomic mass is 16.6. The quantitative estimate of drug-likeness (QED) is 0.663. The van der Waals surface area contributed by atoms with Crippen LogP contribution in [0.3, 0.4) is 0 Å². The normalized spacial score (nSPS) is 14.5. The molecule has 0 amide bonds. The molecule has 0 bridgehead atoms. The molecule has 60 valence electrons. The second kappa shape index (κ2) is 3.04. The molecule has 0 saturated carbocycles. The number of hydrogen-bond acceptors (Lipinski definition) is 4. The molecule has 0 fully saturated rings. The number of nitrogens with one attached hydrogen (secondary N) is 1. The molecule has 0 aromatic carbocycles. The maximum absolute atomic E-state index is 4.84. The number of aliphatic imine (C=N–C) groups is 1. The highest BCUT2D eigenvalue weighted by molar-refractivity contribution is 5.96. The Labute approximate surface area is 69.6 Å². The monoisotopic (exact) mass is 161 g/mol. The summed E-state index contributed by atoms with van der Waals surface area (Å²) in [4.78, 5) is 13.0. The zero-order valence-corrected chi connectivity index (χ0v) is 6.27. The van der Waals surface area contributed by atoms with Crippen molar-refractivity contribution in [3.05, 3.63) is 42.6 Å². The summed E-state index contributed by atoms with van der Waals surface area (Å²) in [6.07, 6.45) is 4.74. The third-order valence-electron chi connectivity index (χ3n) is 1.40. The zero-order chi connectivity index (χ0) is 8.23. The highest BCUT2D eigenvalue weighted by Crippen LogP contribution is 1.98. The third-order valence-corrected chi connectivity index (χ3v) is 1.40. The second-order valence-corrected chi connectivity index (χ2v) is 2.20. The number of rotatable bonds is 1. The minimum Gasteiger partial charge on any atom is -0.387 e. The molecule has 12 heavy (non-hydrogen) atoms. The molecule has 0 unspecified atom stereocenters. The fourth-order valence-electron chi connectivity index (χ4n) is 0.873. The molecule has 0 spiro atoms. The topological polar surface area (TPSA) is 46.5 Å². The van der Waals surface area contributed by atoms with Crippen LogP contribution in [0.4, 0.5) is 0 Å². The fourth-order valence-corrected chi connectivity index (χ4v) is 0.873. The Morgan fingerprint density at radius 3 is 3.00 bits per heavy atom. The smallest absolute Gasteiger partial charge is 0.186 e. The summed E-state index contributed by atoms with van der Waals surface area (Å²) in [5, 5.41) is 0. The largest absolute Gasteiger partial charge is 0.387 e. The molecule has 1 aromatic heterocycles. The van der Waals surface area contributed by atoms with Gasteiger partial charge in [0, 0.05) is 6.20 Å². The van der Waals surface area contributed by atoms with Crippen LogP contribution in [0.25, 0.3) is 0 Å². The minimum absolute atomic E-state index is 0.623. The lowest BCUT2D eigenvalue weighted by Crippen LogP contribution is -2.25. The van der Waals surface area contributed by atoms with Crippen LogP contribution in [0.5, 0.6) is 0 Å². The van der Waals surface area contributed by atoms with Gasteiger partial charge >= 0.3 is 0 Å². The van der Waals surface area contributed by atoms with Gasteiger partial charge in [-0.05, 0) is 12.1 Å². The average molecular weight is 161 g/mol. The Balaban J connectivity index is 2.31. The van der Waals surface area contributed by atoms with E-state index in [1.807, 2.05) is 18.2 Å². The fraction of sp³-hybridized carbons (Fsp3) is 0. The van der Waals surface area contributed by atoms with Gasteiger partial charge in [0.25, 0.3) is 0 Å². The lowest BCUT2D eigenvalue weighted by molar-refractivity contribution is 0.189. The predicted molar refractivity (Wildman–Crippen MR) is 44.1 cm³/mol. The Bertz CT molecular complexity index is 318. The van der Waals surface area contributed by atoms with Crippen LogP contribution in [-0.4, -0.2) is 10.8 Å². The first kappa shape index (κ1) is 6.84. The molecule has 0 saturated heterocycles. The van der Waals surface area contributed by atoms with E-state index in [2.05, 4.69) is 15.5 Å². The van der Waals surface area contributed by atoms with E-state index >= 15 is 0 Å². The van der Waals surface area contributed by atoms with Crippen molar-refractivity contribution in [3.63, 3.8) is 0 Å². The molecule has 4 heteroatoms. The minimum atomic E-state index is 0.623. The summed E-state index contributed by atoms with van der Waals surface area (Å²) in [6, 6.07) is 5.60. The van der Waals surface area contributed by atoms with Crippen LogP contribution < -0.4 is 5.48 Å². The molecule has 4 nitrogen and oxygen atoms in total. The van der Waals surface area contributed by atoms with Gasteiger partial charge in [-0.25, -0.2) is 10.5 Å². The maximum atomic E-state index is 4.84. The number of nitrogens with zero attached hydrogens (tertiary/aromatic N) is 2. The number of hydrogen-bond donors (Lipinski definition) is 1. The van der Waals surface area contributed by atoms with Crippen LogP contribution in [0.15, 0.2) is 41.9 Å². The molecule has 1 aromatic rings. The van der Waals surface area contributed by atoms with E-state index in [1.54, 1.807) is 12.4 Å². The van der Waals surface area contributed by atoms with Gasteiger partial charge in [-0.15, -0.1) is 0 Å². The van der Waals surface area contributed by atoms with Crippen molar-refractivity contribution in [2.24, 2.45) is 4.99 Å². The van der Waals surface area contributed by atoms with E-state index in [-0.39, 0.29) is 0 Å². The Morgan fingerprint density at radius 2 is 2.33 bits per heavy atom. The molecule has 1 N–H and O–H groups in total. The Kier molecular flexibility index (Phi) is 1.74. The molecule has 0 aliphatic carbocycles. The van der Waals surface area contributed by atoms with Crippen LogP contribution in [0.1, 0.15) is 5.69 Å². The number of aromatic nitrogens is 1. The van der Waals surface area contributed by atoms with Gasteiger partial charge in [-0.1, -0.05) is 6.07 Å². The molecule has 1 aliphatic heterocycles. The van der Waals surface area contributed by atoms with Gasteiger partial charge in [0.2, 0.25) is 0 Å². The van der Waals surface area contributed by atoms with Gasteiger partial charge in [0.05, 0.1) is 6.20 Å². The van der Waals surface area contributed by atoms with E-state index in [0.29, 0.717) is 5.84 Å². The van der Waals surface area contributed by atoms with Crippen LogP contribution in [-0.2, 0) is 4.84 Å². The van der Waals surface area contributed by atoms with Gasteiger partial charge in [0.15, 0.2) is 5.84 Å². The molecule has 0 radical (unpaired) electrons. The summed E-state index contributed by atoms with van der Waals surface area (Å²) in [5.74, 6) is 0.623. The van der Waals surface area contributed by atoms with Crippen molar-refractivity contribution in [1.82, 2.24) is 10.5 Å². The van der Waals surface area contributed by atoms with Gasteiger partial charge in [0.1, 0.15) is 12.0 Å². The first-order valence-electron chi connectivity index (χ1n) is 3.53. The molecule has 0 atom stereocenters. The van der Waals surface area contributed by atoms with E-state index in [1.165, 1.54) is 6.26 Å². The van der Waals surface area contributed by atoms with Crippen molar-refractivity contribution in [2.75, 3.05) is 0 Å². The molecular formula is C8H7N3O. The summed E-state index contributed by atoms with van der Waals surface area (Å²) in [7, 11) is 0. The molecular weight excluding hydrogens is 154 g/mol. The number of hydroxylamine groups is 1. The van der Waals surface area contributed by atoms with Crippen LogP contribution in [0.2, 0.25) is 0 Å². The molecule has 1 aliphatic rings. The van der Waals surface area contributed by atoms with E-state index in [9.17, 15) is 0 Å². The number of pyridine rings is 1. The molecule has 2 heterocycles. The second-order valence-electron chi connectivity index (χ2n) is 2.20. The van der Waals surface area contributed by atoms with Crippen LogP contribution in [0, 0.1) is 0 Å². The predicted octanol–water partition coefficient (Wildman–Crippen LogP) is 0.834. The summed E-state index contributed by atoms with van der Waals surface area (Å²) < 4.78 is 0. The summed E-state index contributed by atoms with van der Waals surface area (Å²) in [6.45, 7) is 0. The lowest BCUT2D eigenvalue weighted by Gasteiger charge is -2.09. The van der Waals surface area contributed by atoms with Gasteiger partial charge < -0.3 is 4.84 Å². The van der Waals surface area contributed by atoms with Crippen molar-refractivity contribution in [1.29, 1.82) is 0 Å². The number of amidine groups is 1. The Hall–Kier alpha value is -1.84. The first-order valence-corrected chi connectivity index (χ1v) is 3.53. The zero-order valence-electron chi connectivity index (χ0n) is 6.27. The van der Waals surface area contributed by atoms with Crippen molar-refractivity contribution < 1.29 is 4.84 Å². The van der Waals surface area contributed by atoms with E-state index in [0.717, 1.165) is 5.69 Å². The van der Waals surface area contributed by atoms with E-state index in [4.69, 9.17) is 4.84 Å². The SMILES string of the molecule is C1=CONC(c2ccccn2)=N1.